The summed E-state index contributed by atoms with van der Waals surface area (Å²) in [6.45, 7) is 14.1. The molecule has 232 valence electrons. The zero-order valence-electron chi connectivity index (χ0n) is 28.5. The van der Waals surface area contributed by atoms with Gasteiger partial charge in [-0.2, -0.15) is 0 Å². The van der Waals surface area contributed by atoms with Gasteiger partial charge < -0.3 is 0 Å². The minimum atomic E-state index is -2.85. The van der Waals surface area contributed by atoms with Crippen LogP contribution in [0.3, 0.4) is 0 Å². The highest BCUT2D eigenvalue weighted by molar-refractivity contribution is 7.05. The Morgan fingerprint density at radius 1 is 0.362 bits per heavy atom. The standard InChI is InChI=1S/C46H44Si/c1-45(2,3)31-25-27-37-38-28-26-32(46(4,5)6)30-42(38)44(41(37)29-31)47(33-17-9-7-10-18-33,34-19-11-8-12-20-34)43-39-23-15-13-21-35(39)36-22-14-16-24-40(36)43/h7-30,43-44H,1-6H3. The van der Waals surface area contributed by atoms with E-state index < -0.39 is 8.07 Å². The van der Waals surface area contributed by atoms with E-state index in [1.165, 1.54) is 66.0 Å². The largest absolute Gasteiger partial charge is 0.141 e. The molecule has 47 heavy (non-hydrogen) atoms. The van der Waals surface area contributed by atoms with Crippen molar-refractivity contribution in [1.82, 2.24) is 0 Å². The Bertz CT molecular complexity index is 1960. The van der Waals surface area contributed by atoms with Crippen LogP contribution in [0.5, 0.6) is 0 Å². The normalized spacial score (nSPS) is 14.4. The molecule has 0 aromatic heterocycles. The third-order valence-corrected chi connectivity index (χ3v) is 16.6. The Morgan fingerprint density at radius 3 is 1.11 bits per heavy atom. The molecule has 2 aliphatic carbocycles. The second kappa shape index (κ2) is 10.8. The quantitative estimate of drug-likeness (QED) is 0.171. The first-order valence-electron chi connectivity index (χ1n) is 17.2. The summed E-state index contributed by atoms with van der Waals surface area (Å²) < 4.78 is 0. The number of fused-ring (bicyclic) bond motifs is 6. The fourth-order valence-corrected chi connectivity index (χ4v) is 15.2. The zero-order chi connectivity index (χ0) is 32.6. The van der Waals surface area contributed by atoms with E-state index in [-0.39, 0.29) is 21.9 Å². The molecule has 0 aliphatic heterocycles. The molecule has 0 atom stereocenters. The molecule has 0 saturated carbocycles. The Labute approximate surface area is 282 Å². The number of hydrogen-bond acceptors (Lipinski definition) is 0. The van der Waals surface area contributed by atoms with Crippen LogP contribution in [-0.2, 0) is 10.8 Å². The monoisotopic (exact) mass is 624 g/mol. The van der Waals surface area contributed by atoms with E-state index in [1.54, 1.807) is 0 Å². The first-order chi connectivity index (χ1) is 22.6. The zero-order valence-corrected chi connectivity index (χ0v) is 29.5. The first-order valence-corrected chi connectivity index (χ1v) is 19.3. The molecule has 0 radical (unpaired) electrons. The van der Waals surface area contributed by atoms with Crippen molar-refractivity contribution in [2.24, 2.45) is 0 Å². The lowest BCUT2D eigenvalue weighted by Gasteiger charge is -2.45. The second-order valence-corrected chi connectivity index (χ2v) is 19.8. The van der Waals surface area contributed by atoms with E-state index in [2.05, 4.69) is 187 Å². The van der Waals surface area contributed by atoms with Crippen LogP contribution in [0.4, 0.5) is 0 Å². The van der Waals surface area contributed by atoms with Gasteiger partial charge in [-0.25, -0.2) is 0 Å². The molecule has 0 nitrogen and oxygen atoms in total. The second-order valence-electron chi connectivity index (χ2n) is 15.7. The highest BCUT2D eigenvalue weighted by atomic mass is 28.3. The van der Waals surface area contributed by atoms with E-state index in [0.717, 1.165) is 0 Å². The molecule has 0 amide bonds. The van der Waals surface area contributed by atoms with Gasteiger partial charge in [-0.3, -0.25) is 0 Å². The van der Waals surface area contributed by atoms with E-state index in [4.69, 9.17) is 0 Å². The molecular weight excluding hydrogens is 581 g/mol. The molecule has 2 aliphatic rings. The number of benzene rings is 6. The van der Waals surface area contributed by atoms with Crippen LogP contribution >= 0.6 is 0 Å². The summed E-state index contributed by atoms with van der Waals surface area (Å²) in [5, 5.41) is 2.99. The van der Waals surface area contributed by atoms with Gasteiger partial charge >= 0.3 is 0 Å². The van der Waals surface area contributed by atoms with E-state index in [1.807, 2.05) is 0 Å². The summed E-state index contributed by atoms with van der Waals surface area (Å²) in [6.07, 6.45) is 0. The summed E-state index contributed by atoms with van der Waals surface area (Å²) >= 11 is 0. The maximum Gasteiger partial charge on any atom is 0.141 e. The van der Waals surface area contributed by atoms with Crippen LogP contribution < -0.4 is 10.4 Å². The first kappa shape index (κ1) is 29.9. The summed E-state index contributed by atoms with van der Waals surface area (Å²) in [7, 11) is -2.85. The third-order valence-electron chi connectivity index (χ3n) is 11.0. The SMILES string of the molecule is CC(C)(C)c1ccc2c(c1)C([Si](c1ccccc1)(c1ccccc1)C1c3ccccc3-c3ccccc31)c1cc(C(C)(C)C)ccc1-2. The van der Waals surface area contributed by atoms with Crippen LogP contribution in [-0.4, -0.2) is 8.07 Å². The van der Waals surface area contributed by atoms with E-state index in [9.17, 15) is 0 Å². The number of hydrogen-bond donors (Lipinski definition) is 0. The smallest absolute Gasteiger partial charge is 0.0625 e. The molecule has 6 aromatic rings. The van der Waals surface area contributed by atoms with Gasteiger partial charge in [-0.05, 0) is 66.5 Å². The maximum absolute atomic E-state index is 2.85. The summed E-state index contributed by atoms with van der Waals surface area (Å²) in [5.74, 6) is 0. The molecule has 0 spiro atoms. The average molecular weight is 625 g/mol. The molecule has 6 aromatic carbocycles. The Kier molecular flexibility index (Phi) is 6.87. The minimum absolute atomic E-state index is 0.0428. The Balaban J connectivity index is 1.58. The predicted molar refractivity (Wildman–Crippen MR) is 203 cm³/mol. The molecule has 1 heteroatoms. The third kappa shape index (κ3) is 4.54. The molecule has 0 bridgehead atoms. The highest BCUT2D eigenvalue weighted by Gasteiger charge is 2.57. The van der Waals surface area contributed by atoms with Crippen molar-refractivity contribution in [2.45, 2.75) is 63.5 Å². The van der Waals surface area contributed by atoms with E-state index in [0.29, 0.717) is 0 Å². The van der Waals surface area contributed by atoms with Gasteiger partial charge in [0.1, 0.15) is 8.07 Å². The molecule has 0 saturated heterocycles. The van der Waals surface area contributed by atoms with Gasteiger partial charge in [0.2, 0.25) is 0 Å². The Hall–Kier alpha value is -4.46. The minimum Gasteiger partial charge on any atom is -0.0625 e. The van der Waals surface area contributed by atoms with Crippen LogP contribution in [0.2, 0.25) is 0 Å². The van der Waals surface area contributed by atoms with Crippen LogP contribution in [0.25, 0.3) is 22.3 Å². The van der Waals surface area contributed by atoms with Crippen LogP contribution in [0.1, 0.15) is 86.0 Å². The van der Waals surface area contributed by atoms with Crippen molar-refractivity contribution in [3.8, 4) is 22.3 Å². The molecule has 0 heterocycles. The van der Waals surface area contributed by atoms with Gasteiger partial charge in [0.05, 0.1) is 0 Å². The van der Waals surface area contributed by atoms with Gasteiger partial charge in [0, 0.05) is 11.1 Å². The van der Waals surface area contributed by atoms with Crippen molar-refractivity contribution in [3.05, 3.63) is 179 Å². The van der Waals surface area contributed by atoms with Crippen molar-refractivity contribution in [3.63, 3.8) is 0 Å². The van der Waals surface area contributed by atoms with Gasteiger partial charge in [-0.15, -0.1) is 0 Å². The lowest BCUT2D eigenvalue weighted by Crippen LogP contribution is -2.66. The Morgan fingerprint density at radius 2 is 0.702 bits per heavy atom. The lowest BCUT2D eigenvalue weighted by atomic mass is 9.85. The maximum atomic E-state index is 2.59. The van der Waals surface area contributed by atoms with Gasteiger partial charge in [0.15, 0.2) is 0 Å². The van der Waals surface area contributed by atoms with Gasteiger partial charge in [-0.1, -0.05) is 198 Å². The topological polar surface area (TPSA) is 0 Å². The average Bonchev–Trinajstić information content (AvgIpc) is 3.59. The van der Waals surface area contributed by atoms with Crippen molar-refractivity contribution in [2.75, 3.05) is 0 Å². The molecule has 0 fully saturated rings. The highest BCUT2D eigenvalue weighted by Crippen LogP contribution is 2.58. The van der Waals surface area contributed by atoms with Crippen molar-refractivity contribution in [1.29, 1.82) is 0 Å². The van der Waals surface area contributed by atoms with E-state index >= 15 is 0 Å². The summed E-state index contributed by atoms with van der Waals surface area (Å²) in [4.78, 5) is 0. The molecule has 0 N–H and O–H groups in total. The van der Waals surface area contributed by atoms with Crippen LogP contribution in [0.15, 0.2) is 146 Å². The summed E-state index contributed by atoms with van der Waals surface area (Å²) in [6, 6.07) is 56.7. The van der Waals surface area contributed by atoms with Gasteiger partial charge in [0.25, 0.3) is 0 Å². The van der Waals surface area contributed by atoms with Crippen molar-refractivity contribution >= 4 is 18.4 Å². The molecule has 8 rings (SSSR count). The van der Waals surface area contributed by atoms with Crippen LogP contribution in [0, 0.1) is 0 Å². The fourth-order valence-electron chi connectivity index (χ4n) is 8.76. The fraction of sp³-hybridized carbons (Fsp3) is 0.217. The molecular formula is C46H44Si. The lowest BCUT2D eigenvalue weighted by molar-refractivity contribution is 0.589. The number of rotatable bonds is 4. The predicted octanol–water partition coefficient (Wildman–Crippen LogP) is 10.5. The summed E-state index contributed by atoms with van der Waals surface area (Å²) in [5.41, 5.74) is 14.9. The van der Waals surface area contributed by atoms with Crippen molar-refractivity contribution < 1.29 is 0 Å². The molecule has 0 unspecified atom stereocenters.